The largest absolute Gasteiger partial charge is 0.369 e. The van der Waals surface area contributed by atoms with Gasteiger partial charge in [-0.25, -0.2) is 0 Å². The van der Waals surface area contributed by atoms with Crippen molar-refractivity contribution in [2.75, 3.05) is 13.1 Å². The highest BCUT2D eigenvalue weighted by atomic mass is 35.5. The molecule has 0 amide bonds. The molecule has 4 heteroatoms. The highest BCUT2D eigenvalue weighted by molar-refractivity contribution is 6.31. The number of ether oxygens (including phenoxy) is 1. The summed E-state index contributed by atoms with van der Waals surface area (Å²) >= 11 is 6.25. The maximum atomic E-state index is 6.25. The standard InChI is InChI=1S/C13H16ClNO.ClH/c1-8-3-4-11(14)9-6-16-13(2)7-15-5-10(13)12(8)9;/h3-4,10,15H,5-7H2,1-2H3;1H. The molecule has 2 heterocycles. The number of fused-ring (bicyclic) bond motifs is 3. The highest BCUT2D eigenvalue weighted by Gasteiger charge is 2.45. The summed E-state index contributed by atoms with van der Waals surface area (Å²) in [6, 6.07) is 4.09. The molecule has 0 aliphatic carbocycles. The van der Waals surface area contributed by atoms with E-state index in [1.54, 1.807) is 0 Å². The van der Waals surface area contributed by atoms with Crippen LogP contribution in [0.1, 0.15) is 29.5 Å². The average Bonchev–Trinajstić information content (AvgIpc) is 2.64. The molecule has 0 aromatic heterocycles. The van der Waals surface area contributed by atoms with Gasteiger partial charge in [-0.15, -0.1) is 12.4 Å². The lowest BCUT2D eigenvalue weighted by Gasteiger charge is -2.38. The van der Waals surface area contributed by atoms with Crippen molar-refractivity contribution in [3.63, 3.8) is 0 Å². The molecule has 2 aliphatic heterocycles. The second-order valence-electron chi connectivity index (χ2n) is 5.04. The van der Waals surface area contributed by atoms with Gasteiger partial charge in [-0.1, -0.05) is 17.7 Å². The molecule has 2 aliphatic rings. The molecule has 2 unspecified atom stereocenters. The van der Waals surface area contributed by atoms with Crippen molar-refractivity contribution in [1.29, 1.82) is 0 Å². The minimum absolute atomic E-state index is 0. The Kier molecular flexibility index (Phi) is 3.43. The second kappa shape index (κ2) is 4.43. The monoisotopic (exact) mass is 273 g/mol. The molecule has 1 fully saturated rings. The van der Waals surface area contributed by atoms with Gasteiger partial charge in [-0.2, -0.15) is 0 Å². The van der Waals surface area contributed by atoms with E-state index >= 15 is 0 Å². The highest BCUT2D eigenvalue weighted by Crippen LogP contribution is 2.44. The van der Waals surface area contributed by atoms with Crippen LogP contribution in [0.3, 0.4) is 0 Å². The molecule has 94 valence electrons. The first-order chi connectivity index (χ1) is 7.62. The summed E-state index contributed by atoms with van der Waals surface area (Å²) in [6.45, 7) is 6.93. The van der Waals surface area contributed by atoms with E-state index in [1.165, 1.54) is 16.7 Å². The summed E-state index contributed by atoms with van der Waals surface area (Å²) in [7, 11) is 0. The van der Waals surface area contributed by atoms with Crippen LogP contribution < -0.4 is 5.32 Å². The van der Waals surface area contributed by atoms with E-state index in [-0.39, 0.29) is 18.0 Å². The van der Waals surface area contributed by atoms with E-state index in [1.807, 2.05) is 6.07 Å². The fourth-order valence-electron chi connectivity index (χ4n) is 2.99. The minimum Gasteiger partial charge on any atom is -0.369 e. The van der Waals surface area contributed by atoms with Crippen LogP contribution in [0.15, 0.2) is 12.1 Å². The average molecular weight is 274 g/mol. The summed E-state index contributed by atoms with van der Waals surface area (Å²) < 4.78 is 6.00. The molecule has 0 bridgehead atoms. The fourth-order valence-corrected chi connectivity index (χ4v) is 3.21. The van der Waals surface area contributed by atoms with Crippen LogP contribution in [0, 0.1) is 6.92 Å². The van der Waals surface area contributed by atoms with Crippen LogP contribution in [0.25, 0.3) is 0 Å². The van der Waals surface area contributed by atoms with E-state index in [4.69, 9.17) is 16.3 Å². The van der Waals surface area contributed by atoms with Crippen molar-refractivity contribution < 1.29 is 4.74 Å². The maximum Gasteiger partial charge on any atom is 0.0863 e. The van der Waals surface area contributed by atoms with Gasteiger partial charge in [0.2, 0.25) is 0 Å². The third-order valence-corrected chi connectivity index (χ3v) is 4.33. The van der Waals surface area contributed by atoms with Gasteiger partial charge in [0.15, 0.2) is 0 Å². The summed E-state index contributed by atoms with van der Waals surface area (Å²) in [4.78, 5) is 0. The lowest BCUT2D eigenvalue weighted by Crippen LogP contribution is -2.40. The van der Waals surface area contributed by atoms with Crippen LogP contribution in [-0.4, -0.2) is 18.7 Å². The summed E-state index contributed by atoms with van der Waals surface area (Å²) in [5.74, 6) is 0.440. The molecule has 2 atom stereocenters. The van der Waals surface area contributed by atoms with Gasteiger partial charge in [0.1, 0.15) is 0 Å². The number of benzene rings is 1. The zero-order valence-corrected chi connectivity index (χ0v) is 11.6. The molecule has 17 heavy (non-hydrogen) atoms. The van der Waals surface area contributed by atoms with Crippen molar-refractivity contribution in [1.82, 2.24) is 5.32 Å². The molecular formula is C13H17Cl2NO. The number of aryl methyl sites for hydroxylation is 1. The number of nitrogens with one attached hydrogen (secondary N) is 1. The van der Waals surface area contributed by atoms with Gasteiger partial charge in [-0.05, 0) is 31.0 Å². The smallest absolute Gasteiger partial charge is 0.0863 e. The topological polar surface area (TPSA) is 21.3 Å². The van der Waals surface area contributed by atoms with Gasteiger partial charge in [-0.3, -0.25) is 0 Å². The van der Waals surface area contributed by atoms with E-state index < -0.39 is 0 Å². The first-order valence-electron chi connectivity index (χ1n) is 5.74. The molecular weight excluding hydrogens is 257 g/mol. The number of hydrogen-bond acceptors (Lipinski definition) is 2. The zero-order valence-electron chi connectivity index (χ0n) is 10.0. The maximum absolute atomic E-state index is 6.25. The predicted molar refractivity (Wildman–Crippen MR) is 72.2 cm³/mol. The molecule has 0 spiro atoms. The molecule has 3 rings (SSSR count). The van der Waals surface area contributed by atoms with Crippen molar-refractivity contribution in [3.05, 3.63) is 33.8 Å². The van der Waals surface area contributed by atoms with Crippen LogP contribution in [-0.2, 0) is 11.3 Å². The number of halogens is 2. The molecule has 1 aromatic carbocycles. The first kappa shape index (κ1) is 13.2. The Balaban J connectivity index is 0.00000108. The minimum atomic E-state index is -0.0531. The fraction of sp³-hybridized carbons (Fsp3) is 0.538. The predicted octanol–water partition coefficient (Wildman–Crippen LogP) is 3.05. The van der Waals surface area contributed by atoms with Crippen molar-refractivity contribution in [3.8, 4) is 0 Å². The van der Waals surface area contributed by atoms with Gasteiger partial charge in [0.25, 0.3) is 0 Å². The molecule has 1 aromatic rings. The van der Waals surface area contributed by atoms with E-state index in [0.717, 1.165) is 18.1 Å². The Morgan fingerprint density at radius 1 is 1.47 bits per heavy atom. The van der Waals surface area contributed by atoms with E-state index in [2.05, 4.69) is 25.2 Å². The van der Waals surface area contributed by atoms with Gasteiger partial charge >= 0.3 is 0 Å². The van der Waals surface area contributed by atoms with Crippen molar-refractivity contribution in [2.24, 2.45) is 0 Å². The summed E-state index contributed by atoms with van der Waals surface area (Å²) in [6.07, 6.45) is 0. The van der Waals surface area contributed by atoms with Crippen LogP contribution >= 0.6 is 24.0 Å². The molecule has 1 saturated heterocycles. The van der Waals surface area contributed by atoms with E-state index in [9.17, 15) is 0 Å². The third-order valence-electron chi connectivity index (χ3n) is 3.97. The quantitative estimate of drug-likeness (QED) is 0.785. The van der Waals surface area contributed by atoms with Gasteiger partial charge in [0.05, 0.1) is 12.2 Å². The molecule has 1 N–H and O–H groups in total. The Hall–Kier alpha value is -0.280. The van der Waals surface area contributed by atoms with Crippen LogP contribution in [0.5, 0.6) is 0 Å². The van der Waals surface area contributed by atoms with Crippen LogP contribution in [0.4, 0.5) is 0 Å². The second-order valence-corrected chi connectivity index (χ2v) is 5.45. The number of hydrogen-bond donors (Lipinski definition) is 1. The Morgan fingerprint density at radius 3 is 3.00 bits per heavy atom. The lowest BCUT2D eigenvalue weighted by molar-refractivity contribution is -0.0519. The Bertz CT molecular complexity index is 449. The summed E-state index contributed by atoms with van der Waals surface area (Å²) in [5, 5.41) is 4.27. The van der Waals surface area contributed by atoms with Gasteiger partial charge < -0.3 is 10.1 Å². The van der Waals surface area contributed by atoms with Gasteiger partial charge in [0, 0.05) is 29.6 Å². The van der Waals surface area contributed by atoms with E-state index in [0.29, 0.717) is 12.5 Å². The molecule has 2 nitrogen and oxygen atoms in total. The zero-order chi connectivity index (χ0) is 11.3. The normalized spacial score (nSPS) is 30.4. The lowest BCUT2D eigenvalue weighted by atomic mass is 9.79. The Labute approximate surface area is 113 Å². The van der Waals surface area contributed by atoms with Crippen molar-refractivity contribution >= 4 is 24.0 Å². The van der Waals surface area contributed by atoms with Crippen LogP contribution in [0.2, 0.25) is 5.02 Å². The molecule has 0 radical (unpaired) electrons. The number of rotatable bonds is 0. The summed E-state index contributed by atoms with van der Waals surface area (Å²) in [5.41, 5.74) is 3.88. The Morgan fingerprint density at radius 2 is 2.24 bits per heavy atom. The third kappa shape index (κ3) is 1.88. The SMILES string of the molecule is Cc1ccc(Cl)c2c1C1CNCC1(C)OC2.Cl. The van der Waals surface area contributed by atoms with Crippen molar-refractivity contribution in [2.45, 2.75) is 32.0 Å². The first-order valence-corrected chi connectivity index (χ1v) is 6.12. The molecule has 0 saturated carbocycles.